The number of H-pyrrole nitrogens is 1. The van der Waals surface area contributed by atoms with Gasteiger partial charge >= 0.3 is 0 Å². The molecule has 7 nitrogen and oxygen atoms in total. The molecule has 0 amide bonds. The van der Waals surface area contributed by atoms with Gasteiger partial charge in [0, 0.05) is 29.2 Å². The Bertz CT molecular complexity index is 1100. The van der Waals surface area contributed by atoms with Crippen LogP contribution >= 0.6 is 0 Å². The van der Waals surface area contributed by atoms with Crippen molar-refractivity contribution in [2.24, 2.45) is 0 Å². The largest absolute Gasteiger partial charge is 0.360 e. The van der Waals surface area contributed by atoms with E-state index in [2.05, 4.69) is 30.6 Å². The minimum absolute atomic E-state index is 0.107. The summed E-state index contributed by atoms with van der Waals surface area (Å²) in [6.45, 7) is 1.57. The highest BCUT2D eigenvalue weighted by molar-refractivity contribution is 7.89. The van der Waals surface area contributed by atoms with Crippen molar-refractivity contribution < 1.29 is 8.42 Å². The van der Waals surface area contributed by atoms with Crippen LogP contribution in [0, 0.1) is 0 Å². The van der Waals surface area contributed by atoms with Crippen LogP contribution in [0.1, 0.15) is 43.6 Å². The van der Waals surface area contributed by atoms with Gasteiger partial charge in [0.2, 0.25) is 10.0 Å². The highest BCUT2D eigenvalue weighted by Gasteiger charge is 2.29. The average Bonchev–Trinajstić information content (AvgIpc) is 3.10. The Balaban J connectivity index is 1.31. The van der Waals surface area contributed by atoms with Gasteiger partial charge in [-0.15, -0.1) is 0 Å². The van der Waals surface area contributed by atoms with E-state index in [1.165, 1.54) is 5.56 Å². The highest BCUT2D eigenvalue weighted by atomic mass is 32.2. The number of nitrogens with one attached hydrogen (secondary N) is 2. The van der Waals surface area contributed by atoms with Crippen LogP contribution in [0.15, 0.2) is 30.7 Å². The van der Waals surface area contributed by atoms with Crippen LogP contribution in [0.25, 0.3) is 21.9 Å². The van der Waals surface area contributed by atoms with Crippen molar-refractivity contribution in [1.29, 1.82) is 0 Å². The van der Waals surface area contributed by atoms with E-state index < -0.39 is 10.0 Å². The standard InChI is InChI=1S/C20H25N5O2S/c26-28(27,24-15-3-1-4-15)13-25-9-6-14(7-10-25)17-11-22-20-19(17)16-5-2-8-21-18(16)12-23-20/h2,5,8,11-12,14-15,21,24H,1,3-4,6-7,9-10,13H2. The van der Waals surface area contributed by atoms with Crippen LogP contribution in [0.2, 0.25) is 0 Å². The summed E-state index contributed by atoms with van der Waals surface area (Å²) in [6, 6.07) is 4.26. The van der Waals surface area contributed by atoms with E-state index in [-0.39, 0.29) is 11.9 Å². The summed E-state index contributed by atoms with van der Waals surface area (Å²) in [5.41, 5.74) is 3.04. The van der Waals surface area contributed by atoms with Crippen LogP contribution in [-0.2, 0) is 10.0 Å². The SMILES string of the molecule is O=S(=O)(CN1CCC(c2cnc3ncc4[nH]cccc4c23)CC1)NC1CCC1. The first-order valence-corrected chi connectivity index (χ1v) is 11.7. The quantitative estimate of drug-likeness (QED) is 0.688. The molecule has 28 heavy (non-hydrogen) atoms. The molecule has 2 aliphatic rings. The van der Waals surface area contributed by atoms with Crippen LogP contribution in [0.3, 0.4) is 0 Å². The fraction of sp³-hybridized carbons (Fsp3) is 0.500. The number of likely N-dealkylation sites (tertiary alicyclic amines) is 1. The topological polar surface area (TPSA) is 91.0 Å². The van der Waals surface area contributed by atoms with Crippen LogP contribution in [-0.4, -0.2) is 53.3 Å². The Morgan fingerprint density at radius 2 is 1.93 bits per heavy atom. The second kappa shape index (κ2) is 7.09. The number of sulfonamides is 1. The summed E-state index contributed by atoms with van der Waals surface area (Å²) >= 11 is 0. The van der Waals surface area contributed by atoms with Crippen LogP contribution in [0.5, 0.6) is 0 Å². The van der Waals surface area contributed by atoms with E-state index in [0.29, 0.717) is 5.92 Å². The van der Waals surface area contributed by atoms with Gasteiger partial charge in [-0.25, -0.2) is 23.1 Å². The van der Waals surface area contributed by atoms with Gasteiger partial charge in [-0.3, -0.25) is 4.90 Å². The molecule has 1 aliphatic heterocycles. The molecular formula is C20H25N5O2S. The number of nitrogens with zero attached hydrogens (tertiary/aromatic N) is 3. The number of hydrogen-bond acceptors (Lipinski definition) is 5. The predicted octanol–water partition coefficient (Wildman–Crippen LogP) is 2.72. The third-order valence-corrected chi connectivity index (χ3v) is 7.54. The molecule has 5 rings (SSSR count). The van der Waals surface area contributed by atoms with Gasteiger partial charge in [0.25, 0.3) is 0 Å². The number of pyridine rings is 2. The van der Waals surface area contributed by atoms with E-state index in [1.54, 1.807) is 0 Å². The molecule has 0 spiro atoms. The lowest BCUT2D eigenvalue weighted by Gasteiger charge is -2.33. The first-order chi connectivity index (χ1) is 13.6. The zero-order valence-electron chi connectivity index (χ0n) is 15.8. The third kappa shape index (κ3) is 3.40. The van der Waals surface area contributed by atoms with Gasteiger partial charge in [-0.05, 0) is 56.3 Å². The summed E-state index contributed by atoms with van der Waals surface area (Å²) in [5, 5.41) is 2.28. The second-order valence-electron chi connectivity index (χ2n) is 8.05. The lowest BCUT2D eigenvalue weighted by molar-refractivity contribution is 0.240. The normalized spacial score (nSPS) is 20.0. The van der Waals surface area contributed by atoms with Crippen molar-refractivity contribution in [2.75, 3.05) is 19.0 Å². The molecule has 1 saturated carbocycles. The van der Waals surface area contributed by atoms with E-state index in [1.807, 2.05) is 24.7 Å². The number of hydrogen-bond donors (Lipinski definition) is 2. The van der Waals surface area contributed by atoms with Gasteiger partial charge in [0.05, 0.1) is 11.7 Å². The molecule has 0 bridgehead atoms. The van der Waals surface area contributed by atoms with Crippen molar-refractivity contribution in [3.05, 3.63) is 36.3 Å². The number of fused-ring (bicyclic) bond motifs is 3. The molecule has 0 aromatic carbocycles. The molecule has 8 heteroatoms. The molecule has 0 radical (unpaired) electrons. The Kier molecular flexibility index (Phi) is 4.57. The number of rotatable bonds is 5. The molecule has 2 N–H and O–H groups in total. The Labute approximate surface area is 164 Å². The summed E-state index contributed by atoms with van der Waals surface area (Å²) in [5.74, 6) is 0.492. The van der Waals surface area contributed by atoms with E-state index in [4.69, 9.17) is 0 Å². The van der Waals surface area contributed by atoms with E-state index in [9.17, 15) is 8.42 Å². The maximum absolute atomic E-state index is 12.4. The number of aromatic amines is 1. The maximum Gasteiger partial charge on any atom is 0.225 e. The van der Waals surface area contributed by atoms with Gasteiger partial charge in [-0.1, -0.05) is 12.5 Å². The molecule has 0 unspecified atom stereocenters. The number of aromatic nitrogens is 3. The third-order valence-electron chi connectivity index (χ3n) is 6.14. The first-order valence-electron chi connectivity index (χ1n) is 10.0. The van der Waals surface area contributed by atoms with Crippen molar-refractivity contribution in [3.63, 3.8) is 0 Å². The number of piperidine rings is 1. The van der Waals surface area contributed by atoms with E-state index >= 15 is 0 Å². The minimum atomic E-state index is -3.23. The molecule has 1 aliphatic carbocycles. The fourth-order valence-corrected chi connectivity index (χ4v) is 5.96. The summed E-state index contributed by atoms with van der Waals surface area (Å²) in [4.78, 5) is 14.3. The summed E-state index contributed by atoms with van der Waals surface area (Å²) < 4.78 is 27.5. The molecule has 1 saturated heterocycles. The van der Waals surface area contributed by atoms with Crippen molar-refractivity contribution in [2.45, 2.75) is 44.1 Å². The molecular weight excluding hydrogens is 374 g/mol. The molecule has 148 valence electrons. The Morgan fingerprint density at radius 3 is 2.68 bits per heavy atom. The molecule has 3 aromatic rings. The minimum Gasteiger partial charge on any atom is -0.360 e. The fourth-order valence-electron chi connectivity index (χ4n) is 4.40. The monoisotopic (exact) mass is 399 g/mol. The molecule has 3 aromatic heterocycles. The van der Waals surface area contributed by atoms with Crippen molar-refractivity contribution >= 4 is 32.0 Å². The second-order valence-corrected chi connectivity index (χ2v) is 9.77. The lowest BCUT2D eigenvalue weighted by atomic mass is 9.89. The zero-order chi connectivity index (χ0) is 19.1. The van der Waals surface area contributed by atoms with Crippen molar-refractivity contribution in [1.82, 2.24) is 24.6 Å². The Hall–Kier alpha value is -2.03. The van der Waals surface area contributed by atoms with Gasteiger partial charge < -0.3 is 4.98 Å². The first kappa shape index (κ1) is 18.0. The zero-order valence-corrected chi connectivity index (χ0v) is 16.6. The van der Waals surface area contributed by atoms with Gasteiger partial charge in [0.15, 0.2) is 5.65 Å². The van der Waals surface area contributed by atoms with Crippen LogP contribution < -0.4 is 4.72 Å². The summed E-state index contributed by atoms with van der Waals surface area (Å²) in [6.07, 6.45) is 10.6. The molecule has 0 atom stereocenters. The van der Waals surface area contributed by atoms with Gasteiger partial charge in [0.1, 0.15) is 5.88 Å². The average molecular weight is 400 g/mol. The predicted molar refractivity (Wildman–Crippen MR) is 110 cm³/mol. The lowest BCUT2D eigenvalue weighted by Crippen LogP contribution is -2.46. The van der Waals surface area contributed by atoms with Crippen LogP contribution in [0.4, 0.5) is 0 Å². The highest BCUT2D eigenvalue weighted by Crippen LogP contribution is 2.35. The van der Waals surface area contributed by atoms with Gasteiger partial charge in [-0.2, -0.15) is 0 Å². The maximum atomic E-state index is 12.4. The molecule has 2 fully saturated rings. The molecule has 4 heterocycles. The van der Waals surface area contributed by atoms with Crippen molar-refractivity contribution in [3.8, 4) is 0 Å². The Morgan fingerprint density at radius 1 is 1.14 bits per heavy atom. The smallest absolute Gasteiger partial charge is 0.225 e. The summed E-state index contributed by atoms with van der Waals surface area (Å²) in [7, 11) is -3.23. The van der Waals surface area contributed by atoms with E-state index in [0.717, 1.165) is 67.1 Å².